The van der Waals surface area contributed by atoms with Crippen LogP contribution in [0.5, 0.6) is 5.75 Å². The van der Waals surface area contributed by atoms with Crippen molar-refractivity contribution in [2.45, 2.75) is 51.7 Å². The van der Waals surface area contributed by atoms with Crippen LogP contribution in [0.15, 0.2) is 18.2 Å². The van der Waals surface area contributed by atoms with E-state index in [4.69, 9.17) is 4.74 Å². The third-order valence-electron chi connectivity index (χ3n) is 4.42. The molecule has 0 bridgehead atoms. The molecule has 0 saturated heterocycles. The smallest absolute Gasteiger partial charge is 0.119 e. The summed E-state index contributed by atoms with van der Waals surface area (Å²) in [5.41, 5.74) is 2.32. The molecule has 112 valence electrons. The van der Waals surface area contributed by atoms with Crippen molar-refractivity contribution in [3.8, 4) is 5.75 Å². The topological polar surface area (TPSA) is 32.7 Å². The van der Waals surface area contributed by atoms with E-state index in [-0.39, 0.29) is 6.04 Å². The number of unbranched alkanes of at least 4 members (excludes halogenated alkanes) is 1. The molecule has 1 aliphatic carbocycles. The second kappa shape index (κ2) is 7.09. The number of aryl methyl sites for hydroxylation is 1. The zero-order valence-electron chi connectivity index (χ0n) is 12.9. The molecule has 0 radical (unpaired) electrons. The molecule has 3 nitrogen and oxygen atoms in total. The quantitative estimate of drug-likeness (QED) is 0.867. The zero-order chi connectivity index (χ0) is 14.5. The number of aliphatic hydroxyl groups excluding tert-OH is 1. The molecule has 20 heavy (non-hydrogen) atoms. The Morgan fingerprint density at radius 3 is 2.80 bits per heavy atom. The van der Waals surface area contributed by atoms with Crippen molar-refractivity contribution in [1.29, 1.82) is 0 Å². The van der Waals surface area contributed by atoms with Gasteiger partial charge in [-0.15, -0.1) is 0 Å². The van der Waals surface area contributed by atoms with Gasteiger partial charge in [-0.25, -0.2) is 0 Å². The summed E-state index contributed by atoms with van der Waals surface area (Å²) in [6, 6.07) is 6.32. The summed E-state index contributed by atoms with van der Waals surface area (Å²) in [6.45, 7) is 6.48. The number of rotatable bonds is 6. The number of ether oxygens (including phenoxy) is 1. The van der Waals surface area contributed by atoms with Crippen LogP contribution in [0.25, 0.3) is 0 Å². The fraction of sp³-hybridized carbons (Fsp3) is 0.647. The largest absolute Gasteiger partial charge is 0.497 e. The summed E-state index contributed by atoms with van der Waals surface area (Å²) in [4.78, 5) is 2.43. The lowest BCUT2D eigenvalue weighted by Gasteiger charge is -2.38. The molecule has 1 aromatic carbocycles. The van der Waals surface area contributed by atoms with Crippen molar-refractivity contribution < 1.29 is 9.84 Å². The lowest BCUT2D eigenvalue weighted by Crippen LogP contribution is -2.42. The predicted molar refractivity (Wildman–Crippen MR) is 82.2 cm³/mol. The second-order valence-electron chi connectivity index (χ2n) is 5.60. The first kappa shape index (κ1) is 15.3. The normalized spacial score (nSPS) is 21.9. The Balaban J connectivity index is 2.18. The maximum Gasteiger partial charge on any atom is 0.119 e. The monoisotopic (exact) mass is 277 g/mol. The van der Waals surface area contributed by atoms with Gasteiger partial charge in [0.25, 0.3) is 0 Å². The summed E-state index contributed by atoms with van der Waals surface area (Å²) in [7, 11) is 1.67. The van der Waals surface area contributed by atoms with E-state index in [1.807, 2.05) is 12.1 Å². The Kier molecular flexibility index (Phi) is 5.44. The number of hydrogen-bond donors (Lipinski definition) is 1. The van der Waals surface area contributed by atoms with Crippen LogP contribution in [-0.4, -0.2) is 36.2 Å². The van der Waals surface area contributed by atoms with Gasteiger partial charge in [0.2, 0.25) is 0 Å². The van der Waals surface area contributed by atoms with Gasteiger partial charge in [-0.2, -0.15) is 0 Å². The maximum atomic E-state index is 10.7. The molecule has 0 amide bonds. The van der Waals surface area contributed by atoms with Crippen molar-refractivity contribution in [2.24, 2.45) is 0 Å². The molecule has 2 unspecified atom stereocenters. The van der Waals surface area contributed by atoms with Crippen LogP contribution in [0, 0.1) is 0 Å². The standard InChI is InChI=1S/C17H27NO2/c1-4-6-11-18(5-2)16-10-8-13-7-9-14(20-3)12-15(13)17(16)19/h7,9,12,16-17,19H,4-6,8,10-11H2,1-3H3. The van der Waals surface area contributed by atoms with Gasteiger partial charge in [0, 0.05) is 6.04 Å². The van der Waals surface area contributed by atoms with E-state index in [0.717, 1.165) is 37.2 Å². The summed E-state index contributed by atoms with van der Waals surface area (Å²) in [6.07, 6.45) is 4.08. The Bertz CT molecular complexity index is 433. The highest BCUT2D eigenvalue weighted by atomic mass is 16.5. The van der Waals surface area contributed by atoms with Gasteiger partial charge in [0.05, 0.1) is 13.2 Å². The number of likely N-dealkylation sites (N-methyl/N-ethyl adjacent to an activating group) is 1. The van der Waals surface area contributed by atoms with Gasteiger partial charge in [0.15, 0.2) is 0 Å². The zero-order valence-corrected chi connectivity index (χ0v) is 12.9. The van der Waals surface area contributed by atoms with Crippen molar-refractivity contribution in [3.63, 3.8) is 0 Å². The van der Waals surface area contributed by atoms with Crippen molar-refractivity contribution in [3.05, 3.63) is 29.3 Å². The molecule has 2 rings (SSSR count). The van der Waals surface area contributed by atoms with Gasteiger partial charge in [-0.1, -0.05) is 26.3 Å². The SMILES string of the molecule is CCCCN(CC)C1CCc2ccc(OC)cc2C1O. The lowest BCUT2D eigenvalue weighted by atomic mass is 9.84. The first-order valence-corrected chi connectivity index (χ1v) is 7.80. The number of benzene rings is 1. The lowest BCUT2D eigenvalue weighted by molar-refractivity contribution is 0.0377. The highest BCUT2D eigenvalue weighted by Gasteiger charge is 2.31. The van der Waals surface area contributed by atoms with Gasteiger partial charge in [-0.3, -0.25) is 4.90 Å². The van der Waals surface area contributed by atoms with Crippen LogP contribution in [0.2, 0.25) is 0 Å². The Hall–Kier alpha value is -1.06. The molecule has 1 aliphatic rings. The summed E-state index contributed by atoms with van der Waals surface area (Å²) >= 11 is 0. The molecule has 3 heteroatoms. The van der Waals surface area contributed by atoms with E-state index in [0.29, 0.717) is 0 Å². The molecule has 0 aliphatic heterocycles. The maximum absolute atomic E-state index is 10.7. The highest BCUT2D eigenvalue weighted by Crippen LogP contribution is 2.35. The summed E-state index contributed by atoms with van der Waals surface area (Å²) in [5.74, 6) is 0.833. The predicted octanol–water partition coefficient (Wildman–Crippen LogP) is 3.17. The molecule has 1 N–H and O–H groups in total. The van der Waals surface area contributed by atoms with Gasteiger partial charge in [-0.05, 0) is 55.6 Å². The van der Waals surface area contributed by atoms with Crippen LogP contribution in [0.4, 0.5) is 0 Å². The summed E-state index contributed by atoms with van der Waals surface area (Å²) < 4.78 is 5.29. The molecular formula is C17H27NO2. The van der Waals surface area contributed by atoms with E-state index >= 15 is 0 Å². The van der Waals surface area contributed by atoms with Crippen molar-refractivity contribution in [2.75, 3.05) is 20.2 Å². The molecular weight excluding hydrogens is 250 g/mol. The van der Waals surface area contributed by atoms with Gasteiger partial charge >= 0.3 is 0 Å². The Morgan fingerprint density at radius 1 is 1.35 bits per heavy atom. The van der Waals surface area contributed by atoms with E-state index in [1.165, 1.54) is 18.4 Å². The Labute approximate surface area is 122 Å². The van der Waals surface area contributed by atoms with Crippen LogP contribution < -0.4 is 4.74 Å². The number of methoxy groups -OCH3 is 1. The van der Waals surface area contributed by atoms with E-state index in [2.05, 4.69) is 24.8 Å². The van der Waals surface area contributed by atoms with Crippen LogP contribution >= 0.6 is 0 Å². The minimum atomic E-state index is -0.398. The second-order valence-corrected chi connectivity index (χ2v) is 5.60. The van der Waals surface area contributed by atoms with Gasteiger partial charge < -0.3 is 9.84 Å². The third kappa shape index (κ3) is 3.15. The minimum Gasteiger partial charge on any atom is -0.497 e. The van der Waals surface area contributed by atoms with E-state index in [9.17, 15) is 5.11 Å². The first-order valence-electron chi connectivity index (χ1n) is 7.80. The van der Waals surface area contributed by atoms with E-state index < -0.39 is 6.10 Å². The average molecular weight is 277 g/mol. The summed E-state index contributed by atoms with van der Waals surface area (Å²) in [5, 5.41) is 10.7. The van der Waals surface area contributed by atoms with Crippen LogP contribution in [0.1, 0.15) is 50.3 Å². The highest BCUT2D eigenvalue weighted by molar-refractivity contribution is 5.39. The molecule has 0 heterocycles. The molecule has 1 aromatic rings. The van der Waals surface area contributed by atoms with Crippen LogP contribution in [0.3, 0.4) is 0 Å². The third-order valence-corrected chi connectivity index (χ3v) is 4.42. The Morgan fingerprint density at radius 2 is 2.15 bits per heavy atom. The number of hydrogen-bond acceptors (Lipinski definition) is 3. The molecule has 0 spiro atoms. The van der Waals surface area contributed by atoms with Gasteiger partial charge in [0.1, 0.15) is 5.75 Å². The average Bonchev–Trinajstić information content (AvgIpc) is 2.49. The van der Waals surface area contributed by atoms with Crippen molar-refractivity contribution in [1.82, 2.24) is 4.90 Å². The first-order chi connectivity index (χ1) is 9.71. The molecule has 2 atom stereocenters. The fourth-order valence-corrected chi connectivity index (χ4v) is 3.17. The number of nitrogens with zero attached hydrogens (tertiary/aromatic N) is 1. The molecule has 0 fully saturated rings. The minimum absolute atomic E-state index is 0.242. The van der Waals surface area contributed by atoms with E-state index in [1.54, 1.807) is 7.11 Å². The number of fused-ring (bicyclic) bond motifs is 1. The van der Waals surface area contributed by atoms with Crippen molar-refractivity contribution >= 4 is 0 Å². The fourth-order valence-electron chi connectivity index (χ4n) is 3.17. The molecule has 0 saturated carbocycles. The van der Waals surface area contributed by atoms with Crippen LogP contribution in [-0.2, 0) is 6.42 Å². The molecule has 0 aromatic heterocycles. The number of aliphatic hydroxyl groups is 1.